The van der Waals surface area contributed by atoms with Gasteiger partial charge in [-0.15, -0.1) is 0 Å². The number of carbonyl (C=O) groups is 2. The molecule has 2 saturated heterocycles. The van der Waals surface area contributed by atoms with Gasteiger partial charge in [-0.1, -0.05) is 0 Å². The second-order valence-electron chi connectivity index (χ2n) is 8.47. The van der Waals surface area contributed by atoms with E-state index in [1.54, 1.807) is 23.1 Å². The van der Waals surface area contributed by atoms with Crippen LogP contribution in [0.15, 0.2) is 18.2 Å². The number of nitrogens with zero attached hydrogens (tertiary/aromatic N) is 4. The number of hydrogen-bond acceptors (Lipinski definition) is 5. The average Bonchev–Trinajstić information content (AvgIpc) is 3.24. The molecule has 2 aliphatic rings. The minimum absolute atomic E-state index is 0.00840. The van der Waals surface area contributed by atoms with Crippen molar-refractivity contribution in [3.05, 3.63) is 23.8 Å². The number of carbonyl (C=O) groups excluding carboxylic acids is 2. The summed E-state index contributed by atoms with van der Waals surface area (Å²) in [4.78, 5) is 28.9. The van der Waals surface area contributed by atoms with Crippen molar-refractivity contribution in [2.75, 3.05) is 26.2 Å². The second-order valence-corrected chi connectivity index (χ2v) is 8.47. The maximum atomic E-state index is 12.9. The summed E-state index contributed by atoms with van der Waals surface area (Å²) in [7, 11) is 0. The fourth-order valence-electron chi connectivity index (χ4n) is 3.98. The van der Waals surface area contributed by atoms with Crippen LogP contribution >= 0.6 is 0 Å². The molecule has 2 atom stereocenters. The summed E-state index contributed by atoms with van der Waals surface area (Å²) in [6.07, 6.45) is 0.647. The Bertz CT molecular complexity index is 872. The van der Waals surface area contributed by atoms with Crippen LogP contribution in [0.25, 0.3) is 11.0 Å². The zero-order valence-corrected chi connectivity index (χ0v) is 15.9. The summed E-state index contributed by atoms with van der Waals surface area (Å²) in [5.41, 5.74) is 1.56. The number of piperidine rings is 1. The molecule has 8 heteroatoms. The quantitative estimate of drug-likeness (QED) is 0.830. The van der Waals surface area contributed by atoms with Crippen molar-refractivity contribution in [2.24, 2.45) is 11.8 Å². The maximum Gasteiger partial charge on any atom is 0.410 e. The van der Waals surface area contributed by atoms with E-state index in [1.807, 2.05) is 25.7 Å². The molecule has 0 aliphatic carbocycles. The zero-order chi connectivity index (χ0) is 19.2. The Kier molecular flexibility index (Phi) is 4.28. The third-order valence-corrected chi connectivity index (χ3v) is 5.30. The molecule has 2 fully saturated rings. The Labute approximate surface area is 157 Å². The first kappa shape index (κ1) is 17.8. The summed E-state index contributed by atoms with van der Waals surface area (Å²) >= 11 is 0. The van der Waals surface area contributed by atoms with Crippen molar-refractivity contribution in [1.29, 1.82) is 0 Å². The van der Waals surface area contributed by atoms with Crippen LogP contribution in [0.3, 0.4) is 0 Å². The van der Waals surface area contributed by atoms with E-state index in [0.29, 0.717) is 49.1 Å². The van der Waals surface area contributed by atoms with Gasteiger partial charge in [0.25, 0.3) is 5.91 Å². The maximum absolute atomic E-state index is 12.9. The van der Waals surface area contributed by atoms with Gasteiger partial charge in [0, 0.05) is 31.7 Å². The van der Waals surface area contributed by atoms with Gasteiger partial charge in [-0.2, -0.15) is 15.4 Å². The number of hydrogen-bond donors (Lipinski definition) is 1. The second kappa shape index (κ2) is 6.51. The lowest BCUT2D eigenvalue weighted by atomic mass is 9.88. The van der Waals surface area contributed by atoms with Crippen LogP contribution in [0.1, 0.15) is 37.6 Å². The van der Waals surface area contributed by atoms with Crippen LogP contribution in [0.4, 0.5) is 4.79 Å². The number of rotatable bonds is 1. The Morgan fingerprint density at radius 1 is 1.07 bits per heavy atom. The van der Waals surface area contributed by atoms with Gasteiger partial charge < -0.3 is 14.5 Å². The van der Waals surface area contributed by atoms with Crippen molar-refractivity contribution in [1.82, 2.24) is 25.2 Å². The van der Waals surface area contributed by atoms with E-state index < -0.39 is 5.60 Å². The normalized spacial score (nSPS) is 22.8. The highest BCUT2D eigenvalue weighted by molar-refractivity contribution is 5.97. The fraction of sp³-hybridized carbons (Fsp3) is 0.579. The Morgan fingerprint density at radius 3 is 2.56 bits per heavy atom. The molecule has 27 heavy (non-hydrogen) atoms. The Morgan fingerprint density at radius 2 is 1.78 bits per heavy atom. The van der Waals surface area contributed by atoms with E-state index in [-0.39, 0.29) is 12.0 Å². The van der Waals surface area contributed by atoms with Crippen LogP contribution in [-0.2, 0) is 4.74 Å². The first-order valence-corrected chi connectivity index (χ1v) is 9.38. The lowest BCUT2D eigenvalue weighted by Crippen LogP contribution is -2.43. The number of aromatic amines is 1. The molecule has 8 nitrogen and oxygen atoms in total. The van der Waals surface area contributed by atoms with E-state index in [0.717, 1.165) is 11.9 Å². The van der Waals surface area contributed by atoms with E-state index in [9.17, 15) is 9.59 Å². The van der Waals surface area contributed by atoms with Gasteiger partial charge in [-0.3, -0.25) is 4.79 Å². The van der Waals surface area contributed by atoms with Crippen molar-refractivity contribution in [2.45, 2.75) is 32.8 Å². The molecule has 0 spiro atoms. The number of likely N-dealkylation sites (tertiary alicyclic amines) is 2. The van der Waals surface area contributed by atoms with Gasteiger partial charge in [0.15, 0.2) is 0 Å². The summed E-state index contributed by atoms with van der Waals surface area (Å²) in [5.74, 6) is 0.736. The minimum Gasteiger partial charge on any atom is -0.444 e. The Hall–Kier alpha value is -2.64. The molecule has 1 N–H and O–H groups in total. The third kappa shape index (κ3) is 3.61. The molecular formula is C19H25N5O3. The van der Waals surface area contributed by atoms with Crippen molar-refractivity contribution in [3.63, 3.8) is 0 Å². The van der Waals surface area contributed by atoms with Crippen molar-refractivity contribution in [3.8, 4) is 0 Å². The molecule has 0 saturated carbocycles. The lowest BCUT2D eigenvalue weighted by molar-refractivity contribution is 0.0284. The fourth-order valence-corrected chi connectivity index (χ4v) is 3.98. The molecule has 0 unspecified atom stereocenters. The molecule has 4 rings (SSSR count). The molecule has 2 aliphatic heterocycles. The standard InChI is InChI=1S/C19H25N5O3/c1-19(2,3)27-18(26)24-9-13-6-7-23(10-14(13)11-24)17(25)12-4-5-15-16(8-12)21-22-20-15/h4-5,8,13-14H,6-7,9-11H2,1-3H3,(H,20,21,22)/t13-,14+/m0/s1. The summed E-state index contributed by atoms with van der Waals surface area (Å²) in [5, 5.41) is 10.6. The summed E-state index contributed by atoms with van der Waals surface area (Å²) in [6, 6.07) is 5.37. The van der Waals surface area contributed by atoms with E-state index in [4.69, 9.17) is 4.74 Å². The highest BCUT2D eigenvalue weighted by atomic mass is 16.6. The highest BCUT2D eigenvalue weighted by Crippen LogP contribution is 2.32. The molecule has 1 aromatic carbocycles. The molecule has 0 radical (unpaired) electrons. The van der Waals surface area contributed by atoms with E-state index in [2.05, 4.69) is 15.4 Å². The predicted molar refractivity (Wildman–Crippen MR) is 99.2 cm³/mol. The number of ether oxygens (including phenoxy) is 1. The van der Waals surface area contributed by atoms with Gasteiger partial charge in [-0.05, 0) is 57.2 Å². The van der Waals surface area contributed by atoms with Crippen molar-refractivity contribution >= 4 is 23.0 Å². The first-order chi connectivity index (χ1) is 12.8. The number of aromatic nitrogens is 3. The molecule has 2 amide bonds. The molecule has 1 aromatic heterocycles. The number of amides is 2. The number of H-pyrrole nitrogens is 1. The van der Waals surface area contributed by atoms with Crippen LogP contribution in [-0.4, -0.2) is 69.0 Å². The molecular weight excluding hydrogens is 346 g/mol. The largest absolute Gasteiger partial charge is 0.444 e. The van der Waals surface area contributed by atoms with E-state index in [1.165, 1.54) is 0 Å². The topological polar surface area (TPSA) is 91.4 Å². The molecule has 144 valence electrons. The van der Waals surface area contributed by atoms with E-state index >= 15 is 0 Å². The molecule has 3 heterocycles. The predicted octanol–water partition coefficient (Wildman–Crippen LogP) is 2.29. The van der Waals surface area contributed by atoms with Gasteiger partial charge in [-0.25, -0.2) is 4.79 Å². The average molecular weight is 371 g/mol. The summed E-state index contributed by atoms with van der Waals surface area (Å²) in [6.45, 7) is 8.36. The van der Waals surface area contributed by atoms with Crippen LogP contribution in [0.5, 0.6) is 0 Å². The van der Waals surface area contributed by atoms with Crippen molar-refractivity contribution < 1.29 is 14.3 Å². The Balaban J connectivity index is 1.42. The summed E-state index contributed by atoms with van der Waals surface area (Å²) < 4.78 is 5.50. The van der Waals surface area contributed by atoms with Gasteiger partial charge in [0.2, 0.25) is 0 Å². The molecule has 0 bridgehead atoms. The van der Waals surface area contributed by atoms with Gasteiger partial charge >= 0.3 is 6.09 Å². The molecule has 2 aromatic rings. The smallest absolute Gasteiger partial charge is 0.410 e. The number of fused-ring (bicyclic) bond motifs is 2. The number of benzene rings is 1. The first-order valence-electron chi connectivity index (χ1n) is 9.38. The minimum atomic E-state index is -0.493. The SMILES string of the molecule is CC(C)(C)OC(=O)N1C[C@@H]2CCN(C(=O)c3ccc4n[nH]nc4c3)C[C@@H]2C1. The lowest BCUT2D eigenvalue weighted by Gasteiger charge is -2.34. The number of nitrogens with one attached hydrogen (secondary N) is 1. The van der Waals surface area contributed by atoms with Crippen LogP contribution < -0.4 is 0 Å². The highest BCUT2D eigenvalue weighted by Gasteiger charge is 2.41. The van der Waals surface area contributed by atoms with Gasteiger partial charge in [0.1, 0.15) is 16.6 Å². The van der Waals surface area contributed by atoms with Crippen LogP contribution in [0, 0.1) is 11.8 Å². The third-order valence-electron chi connectivity index (χ3n) is 5.30. The monoisotopic (exact) mass is 371 g/mol. The van der Waals surface area contributed by atoms with Gasteiger partial charge in [0.05, 0.1) is 0 Å². The van der Waals surface area contributed by atoms with Crippen LogP contribution in [0.2, 0.25) is 0 Å². The zero-order valence-electron chi connectivity index (χ0n) is 15.9.